The Morgan fingerprint density at radius 1 is 1.22 bits per heavy atom. The molecule has 0 aliphatic heterocycles. The maximum atomic E-state index is 13.0. The van der Waals surface area contributed by atoms with Gasteiger partial charge in [0.25, 0.3) is 11.6 Å². The molecule has 1 aromatic carbocycles. The monoisotopic (exact) mass is 371 g/mol. The highest BCUT2D eigenvalue weighted by Gasteiger charge is 2.23. The van der Waals surface area contributed by atoms with Crippen LogP contribution in [0.3, 0.4) is 0 Å². The van der Waals surface area contributed by atoms with E-state index < -0.39 is 16.8 Å². The number of ether oxygens (including phenoxy) is 1. The van der Waals surface area contributed by atoms with Crippen molar-refractivity contribution in [3.8, 4) is 0 Å². The molecule has 0 spiro atoms. The summed E-state index contributed by atoms with van der Waals surface area (Å²) < 4.78 is 4.91. The molecule has 0 N–H and O–H groups in total. The summed E-state index contributed by atoms with van der Waals surface area (Å²) in [5.41, 5.74) is 0.607. The molecule has 142 valence electrons. The number of hydrogen-bond acceptors (Lipinski definition) is 6. The normalized spacial score (nSPS) is 10.3. The Kier molecular flexibility index (Phi) is 6.99. The zero-order valence-electron chi connectivity index (χ0n) is 15.3. The first-order valence-electron chi connectivity index (χ1n) is 8.63. The quantitative estimate of drug-likeness (QED) is 0.401. The number of rotatable bonds is 8. The van der Waals surface area contributed by atoms with E-state index in [0.717, 1.165) is 0 Å². The molecule has 2 aromatic rings. The standard InChI is InChI=1S/C19H21N3O5/c1-3-14-8-9-15(13-16(14)22(25)26)19(24)21(12-10-18(23)27-4-2)17-7-5-6-11-20-17/h5-9,11,13H,3-4,10,12H2,1-2H3. The van der Waals surface area contributed by atoms with Crippen molar-refractivity contribution in [2.75, 3.05) is 18.1 Å². The van der Waals surface area contributed by atoms with E-state index >= 15 is 0 Å². The first-order valence-corrected chi connectivity index (χ1v) is 8.63. The number of nitrogens with zero attached hydrogens (tertiary/aromatic N) is 3. The molecule has 27 heavy (non-hydrogen) atoms. The second-order valence-electron chi connectivity index (χ2n) is 5.65. The molecule has 1 aromatic heterocycles. The minimum Gasteiger partial charge on any atom is -0.466 e. The van der Waals surface area contributed by atoms with E-state index in [1.54, 1.807) is 37.3 Å². The number of carbonyl (C=O) groups is 2. The van der Waals surface area contributed by atoms with Gasteiger partial charge in [0.2, 0.25) is 0 Å². The Hall–Kier alpha value is -3.29. The number of amides is 1. The number of pyridine rings is 1. The first-order chi connectivity index (χ1) is 13.0. The van der Waals surface area contributed by atoms with Crippen LogP contribution < -0.4 is 4.90 Å². The third kappa shape index (κ3) is 5.10. The van der Waals surface area contributed by atoms with Gasteiger partial charge in [-0.3, -0.25) is 24.6 Å². The number of anilines is 1. The van der Waals surface area contributed by atoms with Crippen LogP contribution in [0.15, 0.2) is 42.6 Å². The summed E-state index contributed by atoms with van der Waals surface area (Å²) >= 11 is 0. The summed E-state index contributed by atoms with van der Waals surface area (Å²) in [6.07, 6.45) is 2.01. The molecule has 1 amide bonds. The van der Waals surface area contributed by atoms with Gasteiger partial charge in [0.05, 0.1) is 18.0 Å². The second kappa shape index (κ2) is 9.42. The molecular weight excluding hydrogens is 350 g/mol. The average molecular weight is 371 g/mol. The first kappa shape index (κ1) is 20.0. The molecule has 0 fully saturated rings. The fourth-order valence-electron chi connectivity index (χ4n) is 2.59. The van der Waals surface area contributed by atoms with Crippen molar-refractivity contribution in [2.45, 2.75) is 26.7 Å². The van der Waals surface area contributed by atoms with E-state index in [1.807, 2.05) is 6.92 Å². The number of hydrogen-bond donors (Lipinski definition) is 0. The van der Waals surface area contributed by atoms with Gasteiger partial charge in [-0.05, 0) is 31.5 Å². The van der Waals surface area contributed by atoms with Gasteiger partial charge in [-0.15, -0.1) is 0 Å². The van der Waals surface area contributed by atoms with Crippen LogP contribution in [0.1, 0.15) is 36.2 Å². The van der Waals surface area contributed by atoms with E-state index in [9.17, 15) is 19.7 Å². The highest BCUT2D eigenvalue weighted by Crippen LogP contribution is 2.23. The molecule has 1 heterocycles. The second-order valence-corrected chi connectivity index (χ2v) is 5.65. The van der Waals surface area contributed by atoms with Crippen molar-refractivity contribution in [3.05, 3.63) is 63.8 Å². The minimum atomic E-state index is -0.501. The van der Waals surface area contributed by atoms with Gasteiger partial charge in [-0.2, -0.15) is 0 Å². The Morgan fingerprint density at radius 3 is 2.59 bits per heavy atom. The van der Waals surface area contributed by atoms with Gasteiger partial charge in [0.1, 0.15) is 5.82 Å². The topological polar surface area (TPSA) is 103 Å². The Labute approximate surface area is 156 Å². The largest absolute Gasteiger partial charge is 0.466 e. The molecule has 0 unspecified atom stereocenters. The van der Waals surface area contributed by atoms with E-state index in [0.29, 0.717) is 17.8 Å². The lowest BCUT2D eigenvalue weighted by Gasteiger charge is -2.21. The zero-order chi connectivity index (χ0) is 19.8. The highest BCUT2D eigenvalue weighted by atomic mass is 16.6. The number of esters is 1. The molecule has 0 aliphatic rings. The van der Waals surface area contributed by atoms with Crippen LogP contribution in [0, 0.1) is 10.1 Å². The molecule has 2 rings (SSSR count). The summed E-state index contributed by atoms with van der Waals surface area (Å²) in [5.74, 6) is -0.545. The van der Waals surface area contributed by atoms with Gasteiger partial charge in [0.15, 0.2) is 0 Å². The fraction of sp³-hybridized carbons (Fsp3) is 0.316. The molecule has 0 bridgehead atoms. The van der Waals surface area contributed by atoms with Crippen LogP contribution in [0.4, 0.5) is 11.5 Å². The minimum absolute atomic E-state index is 0.00864. The average Bonchev–Trinajstić information content (AvgIpc) is 2.68. The Balaban J connectivity index is 2.34. The molecule has 0 aliphatic carbocycles. The molecule has 0 saturated carbocycles. The van der Waals surface area contributed by atoms with Crippen molar-refractivity contribution in [3.63, 3.8) is 0 Å². The maximum Gasteiger partial charge on any atom is 0.307 e. The van der Waals surface area contributed by atoms with Crippen LogP contribution in [0.2, 0.25) is 0 Å². The summed E-state index contributed by atoms with van der Waals surface area (Å²) in [6, 6.07) is 9.45. The van der Waals surface area contributed by atoms with Crippen LogP contribution in [0.5, 0.6) is 0 Å². The van der Waals surface area contributed by atoms with Crippen molar-refractivity contribution in [1.82, 2.24) is 4.98 Å². The van der Waals surface area contributed by atoms with E-state index in [4.69, 9.17) is 4.74 Å². The smallest absolute Gasteiger partial charge is 0.307 e. The van der Waals surface area contributed by atoms with E-state index in [-0.39, 0.29) is 30.8 Å². The van der Waals surface area contributed by atoms with Gasteiger partial charge in [-0.1, -0.05) is 19.1 Å². The van der Waals surface area contributed by atoms with Crippen LogP contribution in [-0.4, -0.2) is 34.9 Å². The Morgan fingerprint density at radius 2 is 2.00 bits per heavy atom. The van der Waals surface area contributed by atoms with Crippen LogP contribution >= 0.6 is 0 Å². The predicted molar refractivity (Wildman–Crippen MR) is 99.6 cm³/mol. The lowest BCUT2D eigenvalue weighted by Crippen LogP contribution is -2.34. The molecule has 8 heteroatoms. The van der Waals surface area contributed by atoms with E-state index in [2.05, 4.69) is 4.98 Å². The molecular formula is C19H21N3O5. The van der Waals surface area contributed by atoms with Gasteiger partial charge < -0.3 is 4.74 Å². The number of aryl methyl sites for hydroxylation is 1. The lowest BCUT2D eigenvalue weighted by molar-refractivity contribution is -0.385. The number of benzene rings is 1. The van der Waals surface area contributed by atoms with Gasteiger partial charge in [0, 0.05) is 29.9 Å². The van der Waals surface area contributed by atoms with Gasteiger partial charge in [-0.25, -0.2) is 4.98 Å². The SMILES string of the molecule is CCOC(=O)CCN(C(=O)c1ccc(CC)c([N+](=O)[O-])c1)c1ccccn1. The Bertz CT molecular complexity index is 823. The molecule has 0 atom stereocenters. The molecule has 0 radical (unpaired) electrons. The van der Waals surface area contributed by atoms with Gasteiger partial charge >= 0.3 is 5.97 Å². The third-order valence-corrected chi connectivity index (χ3v) is 3.93. The fourth-order valence-corrected chi connectivity index (χ4v) is 2.59. The lowest BCUT2D eigenvalue weighted by atomic mass is 10.1. The summed E-state index contributed by atoms with van der Waals surface area (Å²) in [4.78, 5) is 41.0. The summed E-state index contributed by atoms with van der Waals surface area (Å²) in [5, 5.41) is 11.3. The highest BCUT2D eigenvalue weighted by molar-refractivity contribution is 6.06. The number of carbonyl (C=O) groups excluding carboxylic acids is 2. The van der Waals surface area contributed by atoms with Crippen molar-refractivity contribution < 1.29 is 19.2 Å². The van der Waals surface area contributed by atoms with Crippen LogP contribution in [-0.2, 0) is 16.0 Å². The maximum absolute atomic E-state index is 13.0. The van der Waals surface area contributed by atoms with Crippen molar-refractivity contribution in [2.24, 2.45) is 0 Å². The number of nitro groups is 1. The third-order valence-electron chi connectivity index (χ3n) is 3.93. The number of aromatic nitrogens is 1. The summed E-state index contributed by atoms with van der Waals surface area (Å²) in [7, 11) is 0. The van der Waals surface area contributed by atoms with Crippen molar-refractivity contribution >= 4 is 23.4 Å². The summed E-state index contributed by atoms with van der Waals surface area (Å²) in [6.45, 7) is 3.82. The molecule has 8 nitrogen and oxygen atoms in total. The molecule has 0 saturated heterocycles. The number of nitro benzene ring substituents is 1. The van der Waals surface area contributed by atoms with E-state index in [1.165, 1.54) is 17.2 Å². The van der Waals surface area contributed by atoms with Crippen LogP contribution in [0.25, 0.3) is 0 Å². The predicted octanol–water partition coefficient (Wildman–Crippen LogP) is 3.15. The zero-order valence-corrected chi connectivity index (χ0v) is 15.3. The van der Waals surface area contributed by atoms with Crippen molar-refractivity contribution in [1.29, 1.82) is 0 Å².